The highest BCUT2D eigenvalue weighted by atomic mass is 16.2. The zero-order chi connectivity index (χ0) is 23.4. The molecule has 2 aromatic heterocycles. The van der Waals surface area contributed by atoms with Crippen molar-refractivity contribution >= 4 is 23.3 Å². The average Bonchev–Trinajstić information content (AvgIpc) is 2.80. The van der Waals surface area contributed by atoms with Crippen molar-refractivity contribution in [2.45, 2.75) is 33.2 Å². The molecule has 1 atom stereocenters. The first-order chi connectivity index (χ1) is 15.9. The summed E-state index contributed by atoms with van der Waals surface area (Å²) in [6, 6.07) is 16.0. The molecule has 1 saturated heterocycles. The molecule has 2 amide bonds. The molecule has 1 aliphatic heterocycles. The predicted molar refractivity (Wildman–Crippen MR) is 130 cm³/mol. The van der Waals surface area contributed by atoms with Crippen molar-refractivity contribution in [2.75, 3.05) is 29.9 Å². The summed E-state index contributed by atoms with van der Waals surface area (Å²) in [7, 11) is 0. The van der Waals surface area contributed by atoms with Crippen LogP contribution in [0.15, 0.2) is 60.9 Å². The van der Waals surface area contributed by atoms with E-state index in [0.29, 0.717) is 18.7 Å². The minimum absolute atomic E-state index is 0.0826. The molecule has 0 bridgehead atoms. The lowest BCUT2D eigenvalue weighted by molar-refractivity contribution is -0.131. The van der Waals surface area contributed by atoms with Gasteiger partial charge in [-0.2, -0.15) is 0 Å². The van der Waals surface area contributed by atoms with Crippen molar-refractivity contribution in [1.29, 1.82) is 0 Å². The fourth-order valence-corrected chi connectivity index (χ4v) is 4.21. The summed E-state index contributed by atoms with van der Waals surface area (Å²) < 4.78 is 0. The van der Waals surface area contributed by atoms with Crippen LogP contribution in [0.5, 0.6) is 0 Å². The third-order valence-corrected chi connectivity index (χ3v) is 5.94. The van der Waals surface area contributed by atoms with E-state index >= 15 is 0 Å². The van der Waals surface area contributed by atoms with Crippen LogP contribution in [0.1, 0.15) is 25.1 Å². The number of benzene rings is 1. The number of amides is 2. The van der Waals surface area contributed by atoms with Crippen molar-refractivity contribution in [3.63, 3.8) is 0 Å². The molecule has 0 aliphatic carbocycles. The monoisotopic (exact) mass is 443 g/mol. The van der Waals surface area contributed by atoms with E-state index in [-0.39, 0.29) is 17.9 Å². The van der Waals surface area contributed by atoms with E-state index in [0.717, 1.165) is 41.3 Å². The van der Waals surface area contributed by atoms with E-state index in [1.54, 1.807) is 19.3 Å². The summed E-state index contributed by atoms with van der Waals surface area (Å²) >= 11 is 0. The maximum absolute atomic E-state index is 12.5. The molecule has 0 saturated carbocycles. The second kappa shape index (κ2) is 9.81. The summed E-state index contributed by atoms with van der Waals surface area (Å²) in [5.41, 5.74) is 4.81. The lowest BCUT2D eigenvalue weighted by atomic mass is 10.0. The average molecular weight is 444 g/mol. The maximum Gasteiger partial charge on any atom is 0.228 e. The number of piperazine rings is 1. The molecule has 170 valence electrons. The van der Waals surface area contributed by atoms with Crippen LogP contribution in [-0.4, -0.2) is 52.4 Å². The summed E-state index contributed by atoms with van der Waals surface area (Å²) in [5.74, 6) is 0.876. The van der Waals surface area contributed by atoms with Crippen molar-refractivity contribution in [3.8, 4) is 11.1 Å². The number of pyridine rings is 2. The molecule has 4 rings (SSSR count). The number of aromatic nitrogens is 2. The van der Waals surface area contributed by atoms with Crippen molar-refractivity contribution in [2.24, 2.45) is 0 Å². The highest BCUT2D eigenvalue weighted by Gasteiger charge is 2.25. The van der Waals surface area contributed by atoms with Gasteiger partial charge in [0.2, 0.25) is 11.8 Å². The third-order valence-electron chi connectivity index (χ3n) is 5.94. The molecule has 1 N–H and O–H groups in total. The van der Waals surface area contributed by atoms with Gasteiger partial charge in [-0.05, 0) is 54.8 Å². The SMILES string of the molecule is CC(=O)N1CCN(c2ccc(NC(=O)Cc3ccc(-c4ccnc(C)c4)cc3)cn2)CC1C. The second-order valence-corrected chi connectivity index (χ2v) is 8.52. The van der Waals surface area contributed by atoms with E-state index in [1.807, 2.05) is 67.3 Å². The Kier molecular flexibility index (Phi) is 6.68. The van der Waals surface area contributed by atoms with Gasteiger partial charge in [0, 0.05) is 44.5 Å². The summed E-state index contributed by atoms with van der Waals surface area (Å²) in [4.78, 5) is 37.0. The van der Waals surface area contributed by atoms with E-state index in [2.05, 4.69) is 20.2 Å². The fourth-order valence-electron chi connectivity index (χ4n) is 4.21. The summed E-state index contributed by atoms with van der Waals surface area (Å²) in [6.07, 6.45) is 3.78. The fraction of sp³-hybridized carbons (Fsp3) is 0.308. The Labute approximate surface area is 194 Å². The number of anilines is 2. The smallest absolute Gasteiger partial charge is 0.228 e. The van der Waals surface area contributed by atoms with Gasteiger partial charge in [-0.25, -0.2) is 4.98 Å². The quantitative estimate of drug-likeness (QED) is 0.651. The lowest BCUT2D eigenvalue weighted by Crippen LogP contribution is -2.53. The first-order valence-corrected chi connectivity index (χ1v) is 11.2. The number of aryl methyl sites for hydroxylation is 1. The van der Waals surface area contributed by atoms with Gasteiger partial charge >= 0.3 is 0 Å². The van der Waals surface area contributed by atoms with Crippen LogP contribution in [0, 0.1) is 6.92 Å². The van der Waals surface area contributed by atoms with Gasteiger partial charge in [-0.1, -0.05) is 24.3 Å². The maximum atomic E-state index is 12.5. The Balaban J connectivity index is 1.32. The second-order valence-electron chi connectivity index (χ2n) is 8.52. The Hall–Kier alpha value is -3.74. The van der Waals surface area contributed by atoms with E-state index in [4.69, 9.17) is 0 Å². The number of carbonyl (C=O) groups excluding carboxylic acids is 2. The van der Waals surface area contributed by atoms with Crippen LogP contribution >= 0.6 is 0 Å². The van der Waals surface area contributed by atoms with Gasteiger partial charge < -0.3 is 15.1 Å². The first kappa shape index (κ1) is 22.5. The number of rotatable bonds is 5. The van der Waals surface area contributed by atoms with Crippen LogP contribution in [0.3, 0.4) is 0 Å². The molecule has 0 radical (unpaired) electrons. The van der Waals surface area contributed by atoms with Gasteiger partial charge in [0.1, 0.15) is 5.82 Å². The minimum Gasteiger partial charge on any atom is -0.353 e. The largest absolute Gasteiger partial charge is 0.353 e. The molecule has 7 nitrogen and oxygen atoms in total. The molecule has 7 heteroatoms. The van der Waals surface area contributed by atoms with Crippen LogP contribution in [0.25, 0.3) is 11.1 Å². The van der Waals surface area contributed by atoms with Crippen LogP contribution in [0.4, 0.5) is 11.5 Å². The minimum atomic E-state index is -0.0826. The topological polar surface area (TPSA) is 78.4 Å². The number of hydrogen-bond donors (Lipinski definition) is 1. The lowest BCUT2D eigenvalue weighted by Gasteiger charge is -2.40. The summed E-state index contributed by atoms with van der Waals surface area (Å²) in [5, 5.41) is 2.92. The van der Waals surface area contributed by atoms with Crippen molar-refractivity contribution < 1.29 is 9.59 Å². The first-order valence-electron chi connectivity index (χ1n) is 11.2. The van der Waals surface area contributed by atoms with E-state index in [1.165, 1.54) is 0 Å². The predicted octanol–water partition coefficient (Wildman–Crippen LogP) is 3.69. The Morgan fingerprint density at radius 2 is 1.82 bits per heavy atom. The van der Waals surface area contributed by atoms with Crippen molar-refractivity contribution in [3.05, 3.63) is 72.2 Å². The third kappa shape index (κ3) is 5.55. The standard InChI is InChI=1S/C26H29N5O2/c1-18-14-23(10-11-27-18)22-6-4-21(5-7-22)15-26(33)29-24-8-9-25(28-16-24)30-12-13-31(20(3)32)19(2)17-30/h4-11,14,16,19H,12-13,15,17H2,1-3H3,(H,29,33). The molecule has 33 heavy (non-hydrogen) atoms. The Morgan fingerprint density at radius 3 is 2.45 bits per heavy atom. The van der Waals surface area contributed by atoms with Gasteiger partial charge in [-0.15, -0.1) is 0 Å². The molecular formula is C26H29N5O2. The normalized spacial score (nSPS) is 15.9. The van der Waals surface area contributed by atoms with Gasteiger partial charge in [0.25, 0.3) is 0 Å². The summed E-state index contributed by atoms with van der Waals surface area (Å²) in [6.45, 7) is 7.81. The Bertz CT molecular complexity index is 1130. The highest BCUT2D eigenvalue weighted by Crippen LogP contribution is 2.21. The van der Waals surface area contributed by atoms with Crippen LogP contribution in [0.2, 0.25) is 0 Å². The van der Waals surface area contributed by atoms with Crippen molar-refractivity contribution in [1.82, 2.24) is 14.9 Å². The number of hydrogen-bond acceptors (Lipinski definition) is 5. The molecule has 1 fully saturated rings. The molecule has 1 aromatic carbocycles. The Morgan fingerprint density at radius 1 is 1.03 bits per heavy atom. The van der Waals surface area contributed by atoms with Crippen LogP contribution in [-0.2, 0) is 16.0 Å². The number of carbonyl (C=O) groups is 2. The molecule has 3 heterocycles. The highest BCUT2D eigenvalue weighted by molar-refractivity contribution is 5.92. The molecular weight excluding hydrogens is 414 g/mol. The van der Waals surface area contributed by atoms with E-state index in [9.17, 15) is 9.59 Å². The molecule has 0 spiro atoms. The number of nitrogens with one attached hydrogen (secondary N) is 1. The molecule has 1 unspecified atom stereocenters. The van der Waals surface area contributed by atoms with Gasteiger partial charge in [0.05, 0.1) is 18.3 Å². The van der Waals surface area contributed by atoms with Crippen LogP contribution < -0.4 is 10.2 Å². The van der Waals surface area contributed by atoms with E-state index < -0.39 is 0 Å². The molecule has 1 aliphatic rings. The zero-order valence-electron chi connectivity index (χ0n) is 19.3. The molecule has 3 aromatic rings. The van der Waals surface area contributed by atoms with Gasteiger partial charge in [0.15, 0.2) is 0 Å². The zero-order valence-corrected chi connectivity index (χ0v) is 19.3. The van der Waals surface area contributed by atoms with Gasteiger partial charge in [-0.3, -0.25) is 14.6 Å². The number of nitrogens with zero attached hydrogens (tertiary/aromatic N) is 4.